The quantitative estimate of drug-likeness (QED) is 0.822. The van der Waals surface area contributed by atoms with Crippen molar-refractivity contribution in [2.45, 2.75) is 43.2 Å². The number of aromatic nitrogens is 1. The zero-order valence-electron chi connectivity index (χ0n) is 14.7. The summed E-state index contributed by atoms with van der Waals surface area (Å²) in [7, 11) is 0. The van der Waals surface area contributed by atoms with Crippen molar-refractivity contribution in [3.63, 3.8) is 0 Å². The zero-order chi connectivity index (χ0) is 17.9. The van der Waals surface area contributed by atoms with Crippen molar-refractivity contribution >= 4 is 34.5 Å². The second-order valence-corrected chi connectivity index (χ2v) is 8.00. The van der Waals surface area contributed by atoms with Crippen LogP contribution in [0.2, 0.25) is 0 Å². The molecular weight excluding hydrogens is 346 g/mol. The molecule has 1 saturated heterocycles. The number of likely N-dealkylation sites (tertiary alicyclic amines) is 1. The topological polar surface area (TPSA) is 62.3 Å². The van der Waals surface area contributed by atoms with Gasteiger partial charge in [-0.15, -0.1) is 0 Å². The zero-order valence-corrected chi connectivity index (χ0v) is 15.6. The Morgan fingerprint density at radius 3 is 2.69 bits per heavy atom. The lowest BCUT2D eigenvalue weighted by molar-refractivity contribution is -0.129. The largest absolute Gasteiger partial charge is 0.349 e. The first-order chi connectivity index (χ1) is 12.7. The molecule has 4 rings (SSSR count). The first-order valence-corrected chi connectivity index (χ1v) is 10.3. The van der Waals surface area contributed by atoms with Crippen LogP contribution < -0.4 is 5.32 Å². The summed E-state index contributed by atoms with van der Waals surface area (Å²) in [5.74, 6) is 0.485. The number of pyridine rings is 1. The third-order valence-corrected chi connectivity index (χ3v) is 5.80. The molecule has 1 aliphatic heterocycles. The van der Waals surface area contributed by atoms with Gasteiger partial charge in [-0.05, 0) is 44.2 Å². The number of para-hydroxylation sites is 1. The Kier molecular flexibility index (Phi) is 5.11. The summed E-state index contributed by atoms with van der Waals surface area (Å²) in [6.07, 6.45) is 5.51. The minimum Gasteiger partial charge on any atom is -0.349 e. The van der Waals surface area contributed by atoms with Crippen LogP contribution >= 0.6 is 11.8 Å². The molecule has 0 spiro atoms. The highest BCUT2D eigenvalue weighted by Crippen LogP contribution is 2.26. The third-order valence-electron chi connectivity index (χ3n) is 4.90. The van der Waals surface area contributed by atoms with E-state index in [0.717, 1.165) is 54.7 Å². The molecule has 2 aliphatic rings. The molecule has 1 aliphatic carbocycles. The number of benzene rings is 1. The molecule has 6 heteroatoms. The fourth-order valence-corrected chi connectivity index (χ4v) is 4.09. The number of carbonyl (C=O) groups is 2. The van der Waals surface area contributed by atoms with Crippen molar-refractivity contribution in [3.8, 4) is 0 Å². The molecule has 1 aromatic heterocycles. The molecule has 0 unspecified atom stereocenters. The number of hydrogen-bond acceptors (Lipinski definition) is 4. The van der Waals surface area contributed by atoms with Gasteiger partial charge in [-0.2, -0.15) is 0 Å². The van der Waals surface area contributed by atoms with E-state index >= 15 is 0 Å². The molecule has 1 saturated carbocycles. The minimum atomic E-state index is -0.0460. The van der Waals surface area contributed by atoms with Crippen molar-refractivity contribution in [1.29, 1.82) is 0 Å². The molecule has 2 amide bonds. The maximum absolute atomic E-state index is 12.6. The molecular formula is C20H23N3O2S. The molecule has 26 heavy (non-hydrogen) atoms. The number of nitrogens with one attached hydrogen (secondary N) is 1. The maximum Gasteiger partial charge on any atom is 0.252 e. The summed E-state index contributed by atoms with van der Waals surface area (Å²) in [5, 5.41) is 4.65. The lowest BCUT2D eigenvalue weighted by Crippen LogP contribution is -2.36. The van der Waals surface area contributed by atoms with Gasteiger partial charge in [0.2, 0.25) is 5.91 Å². The fraction of sp³-hybridized carbons (Fsp3) is 0.450. The number of carbonyl (C=O) groups excluding carboxylic acids is 2. The van der Waals surface area contributed by atoms with Crippen molar-refractivity contribution in [3.05, 3.63) is 35.9 Å². The lowest BCUT2D eigenvalue weighted by Gasteiger charge is -2.26. The fourth-order valence-electron chi connectivity index (χ4n) is 3.27. The van der Waals surface area contributed by atoms with E-state index in [2.05, 4.69) is 10.3 Å². The first kappa shape index (κ1) is 17.3. The molecule has 2 fully saturated rings. The second-order valence-electron chi connectivity index (χ2n) is 7.00. The summed E-state index contributed by atoms with van der Waals surface area (Å²) in [4.78, 5) is 31.6. The molecule has 0 radical (unpaired) electrons. The van der Waals surface area contributed by atoms with E-state index in [9.17, 15) is 9.59 Å². The van der Waals surface area contributed by atoms with Crippen molar-refractivity contribution in [1.82, 2.24) is 15.2 Å². The summed E-state index contributed by atoms with van der Waals surface area (Å²) >= 11 is 1.42. The van der Waals surface area contributed by atoms with Crippen LogP contribution in [-0.4, -0.2) is 46.6 Å². The molecule has 0 atom stereocenters. The highest BCUT2D eigenvalue weighted by molar-refractivity contribution is 7.99. The van der Waals surface area contributed by atoms with Crippen LogP contribution in [0.3, 0.4) is 0 Å². The molecule has 0 bridgehead atoms. The van der Waals surface area contributed by atoms with Gasteiger partial charge in [0.25, 0.3) is 5.91 Å². The van der Waals surface area contributed by atoms with Gasteiger partial charge >= 0.3 is 0 Å². The lowest BCUT2D eigenvalue weighted by atomic mass is 10.1. The van der Waals surface area contributed by atoms with Gasteiger partial charge in [-0.3, -0.25) is 9.59 Å². The third kappa shape index (κ3) is 4.01. The number of amides is 2. The van der Waals surface area contributed by atoms with E-state index in [4.69, 9.17) is 0 Å². The summed E-state index contributed by atoms with van der Waals surface area (Å²) in [5.41, 5.74) is 1.44. The van der Waals surface area contributed by atoms with Gasteiger partial charge in [0.15, 0.2) is 0 Å². The average Bonchev–Trinajstić information content (AvgIpc) is 3.50. The Bertz CT molecular complexity index is 829. The first-order valence-electron chi connectivity index (χ1n) is 9.32. The number of fused-ring (bicyclic) bond motifs is 1. The van der Waals surface area contributed by atoms with Crippen LogP contribution in [0, 0.1) is 0 Å². The van der Waals surface area contributed by atoms with Crippen molar-refractivity contribution < 1.29 is 9.59 Å². The Morgan fingerprint density at radius 2 is 1.92 bits per heavy atom. The van der Waals surface area contributed by atoms with Crippen molar-refractivity contribution in [2.24, 2.45) is 0 Å². The number of piperidine rings is 1. The van der Waals surface area contributed by atoms with Crippen LogP contribution in [0.25, 0.3) is 10.9 Å². The van der Waals surface area contributed by atoms with Crippen LogP contribution in [-0.2, 0) is 4.79 Å². The molecule has 5 nitrogen and oxygen atoms in total. The smallest absolute Gasteiger partial charge is 0.252 e. The molecule has 2 aromatic rings. The maximum atomic E-state index is 12.6. The van der Waals surface area contributed by atoms with Crippen LogP contribution in [0.1, 0.15) is 42.5 Å². The van der Waals surface area contributed by atoms with E-state index in [1.807, 2.05) is 35.2 Å². The molecule has 1 N–H and O–H groups in total. The number of thioether (sulfide) groups is 1. The molecule has 2 heterocycles. The Hall–Kier alpha value is -2.08. The molecule has 1 aromatic carbocycles. The van der Waals surface area contributed by atoms with Crippen molar-refractivity contribution in [2.75, 3.05) is 18.8 Å². The standard InChI is InChI=1S/C20H23N3O2S/c24-19(23-10-4-1-5-11-23)13-26-18-12-16(20(25)21-14-8-9-14)15-6-2-3-7-17(15)22-18/h2-3,6-7,12,14H,1,4-5,8-11,13H2,(H,21,25). The Labute approximate surface area is 157 Å². The van der Waals surface area contributed by atoms with E-state index in [0.29, 0.717) is 17.4 Å². The molecule has 136 valence electrons. The van der Waals surface area contributed by atoms with Gasteiger partial charge in [-0.25, -0.2) is 4.98 Å². The Balaban J connectivity index is 1.52. The SMILES string of the molecule is O=C(NC1CC1)c1cc(SCC(=O)N2CCCCC2)nc2ccccc12. The van der Waals surface area contributed by atoms with Gasteiger partial charge < -0.3 is 10.2 Å². The van der Waals surface area contributed by atoms with Gasteiger partial charge in [0.1, 0.15) is 0 Å². The van der Waals surface area contributed by atoms with Gasteiger partial charge in [0.05, 0.1) is 21.9 Å². The highest BCUT2D eigenvalue weighted by atomic mass is 32.2. The van der Waals surface area contributed by atoms with Crippen LogP contribution in [0.5, 0.6) is 0 Å². The summed E-state index contributed by atoms with van der Waals surface area (Å²) in [6, 6.07) is 9.83. The summed E-state index contributed by atoms with van der Waals surface area (Å²) in [6.45, 7) is 1.72. The summed E-state index contributed by atoms with van der Waals surface area (Å²) < 4.78 is 0. The van der Waals surface area contributed by atoms with Crippen LogP contribution in [0.4, 0.5) is 0 Å². The van der Waals surface area contributed by atoms with Gasteiger partial charge in [0, 0.05) is 24.5 Å². The average molecular weight is 369 g/mol. The highest BCUT2D eigenvalue weighted by Gasteiger charge is 2.25. The predicted octanol–water partition coefficient (Wildman–Crippen LogP) is 3.23. The Morgan fingerprint density at radius 1 is 1.15 bits per heavy atom. The predicted molar refractivity (Wildman–Crippen MR) is 103 cm³/mol. The van der Waals surface area contributed by atoms with Crippen LogP contribution in [0.15, 0.2) is 35.4 Å². The van der Waals surface area contributed by atoms with Gasteiger partial charge in [-0.1, -0.05) is 30.0 Å². The van der Waals surface area contributed by atoms with E-state index in [-0.39, 0.29) is 11.8 Å². The van der Waals surface area contributed by atoms with E-state index in [1.165, 1.54) is 18.2 Å². The minimum absolute atomic E-state index is 0.0460. The second kappa shape index (κ2) is 7.66. The monoisotopic (exact) mass is 369 g/mol. The normalized spacial score (nSPS) is 17.3. The number of rotatable bonds is 5. The number of hydrogen-bond donors (Lipinski definition) is 1. The van der Waals surface area contributed by atoms with E-state index < -0.39 is 0 Å². The van der Waals surface area contributed by atoms with E-state index in [1.54, 1.807) is 0 Å². The number of nitrogens with zero attached hydrogens (tertiary/aromatic N) is 2.